The summed E-state index contributed by atoms with van der Waals surface area (Å²) in [5, 5.41) is 12.5. The number of rotatable bonds is 2. The van der Waals surface area contributed by atoms with Crippen molar-refractivity contribution in [2.24, 2.45) is 0 Å². The fourth-order valence-electron chi connectivity index (χ4n) is 1.95. The predicted molar refractivity (Wildman–Crippen MR) is 59.8 cm³/mol. The minimum Gasteiger partial charge on any atom is -0.478 e. The molecule has 0 aliphatic rings. The standard InChI is InChI=1S/C12H7F5N2O2/c1-3-5(12(20)21)4(2)19(18-3)11-9(16)7(14)6(13)8(15)10(11)17/h1-2H3,(H,20,21). The van der Waals surface area contributed by atoms with Crippen molar-refractivity contribution < 1.29 is 31.9 Å². The number of benzene rings is 1. The molecular formula is C12H7F5N2O2. The molecule has 0 saturated heterocycles. The van der Waals surface area contributed by atoms with Crippen molar-refractivity contribution >= 4 is 5.97 Å². The zero-order valence-electron chi connectivity index (χ0n) is 10.6. The van der Waals surface area contributed by atoms with Crippen molar-refractivity contribution in [3.8, 4) is 5.69 Å². The molecule has 0 aliphatic carbocycles. The zero-order chi connectivity index (χ0) is 16.1. The smallest absolute Gasteiger partial charge is 0.339 e. The van der Waals surface area contributed by atoms with Gasteiger partial charge in [0.15, 0.2) is 23.3 Å². The topological polar surface area (TPSA) is 55.1 Å². The molecule has 1 N–H and O–H groups in total. The lowest BCUT2D eigenvalue weighted by Crippen LogP contribution is -2.12. The first-order valence-electron chi connectivity index (χ1n) is 5.49. The van der Waals surface area contributed by atoms with Gasteiger partial charge in [0.25, 0.3) is 0 Å². The lowest BCUT2D eigenvalue weighted by molar-refractivity contribution is 0.0695. The van der Waals surface area contributed by atoms with Crippen molar-refractivity contribution in [1.29, 1.82) is 0 Å². The van der Waals surface area contributed by atoms with Crippen LogP contribution in [0.1, 0.15) is 21.7 Å². The molecule has 2 rings (SSSR count). The molecule has 0 atom stereocenters. The van der Waals surface area contributed by atoms with Gasteiger partial charge < -0.3 is 5.11 Å². The fourth-order valence-corrected chi connectivity index (χ4v) is 1.95. The van der Waals surface area contributed by atoms with Gasteiger partial charge in [0.05, 0.1) is 11.4 Å². The molecule has 0 bridgehead atoms. The summed E-state index contributed by atoms with van der Waals surface area (Å²) >= 11 is 0. The van der Waals surface area contributed by atoms with E-state index in [4.69, 9.17) is 5.11 Å². The van der Waals surface area contributed by atoms with Crippen LogP contribution in [0.2, 0.25) is 0 Å². The highest BCUT2D eigenvalue weighted by Crippen LogP contribution is 2.28. The van der Waals surface area contributed by atoms with Crippen LogP contribution in [0.5, 0.6) is 0 Å². The number of carbonyl (C=O) groups is 1. The van der Waals surface area contributed by atoms with E-state index in [1.54, 1.807) is 0 Å². The molecule has 9 heteroatoms. The summed E-state index contributed by atoms with van der Waals surface area (Å²) in [6.45, 7) is 2.38. The average molecular weight is 306 g/mol. The number of hydrogen-bond donors (Lipinski definition) is 1. The van der Waals surface area contributed by atoms with Gasteiger partial charge in [0.1, 0.15) is 11.3 Å². The molecule has 0 saturated carbocycles. The van der Waals surface area contributed by atoms with Crippen LogP contribution in [0, 0.1) is 42.9 Å². The number of aromatic carboxylic acids is 1. The second-order valence-electron chi connectivity index (χ2n) is 4.18. The van der Waals surface area contributed by atoms with E-state index in [-0.39, 0.29) is 17.0 Å². The number of aromatic nitrogens is 2. The lowest BCUT2D eigenvalue weighted by atomic mass is 10.2. The molecule has 0 spiro atoms. The average Bonchev–Trinajstić information content (AvgIpc) is 2.70. The van der Waals surface area contributed by atoms with E-state index in [1.807, 2.05) is 0 Å². The van der Waals surface area contributed by atoms with E-state index >= 15 is 0 Å². The van der Waals surface area contributed by atoms with Crippen molar-refractivity contribution in [3.63, 3.8) is 0 Å². The Bertz CT molecular complexity index is 741. The van der Waals surface area contributed by atoms with Gasteiger partial charge in [-0.2, -0.15) is 5.10 Å². The van der Waals surface area contributed by atoms with Crippen molar-refractivity contribution in [2.75, 3.05) is 0 Å². The Morgan fingerprint density at radius 1 is 0.952 bits per heavy atom. The summed E-state index contributed by atoms with van der Waals surface area (Å²) in [7, 11) is 0. The Morgan fingerprint density at radius 2 is 1.38 bits per heavy atom. The molecule has 0 unspecified atom stereocenters. The van der Waals surface area contributed by atoms with Gasteiger partial charge >= 0.3 is 5.97 Å². The lowest BCUT2D eigenvalue weighted by Gasteiger charge is -2.09. The summed E-state index contributed by atoms with van der Waals surface area (Å²) in [4.78, 5) is 11.0. The molecule has 112 valence electrons. The molecule has 1 aromatic heterocycles. The van der Waals surface area contributed by atoms with E-state index in [9.17, 15) is 26.7 Å². The Labute approximate surface area is 114 Å². The van der Waals surface area contributed by atoms with Gasteiger partial charge in [-0.15, -0.1) is 0 Å². The van der Waals surface area contributed by atoms with Crippen LogP contribution >= 0.6 is 0 Å². The monoisotopic (exact) mass is 306 g/mol. The number of hydrogen-bond acceptors (Lipinski definition) is 2. The highest BCUT2D eigenvalue weighted by Gasteiger charge is 2.30. The van der Waals surface area contributed by atoms with Crippen LogP contribution in [0.15, 0.2) is 0 Å². The Kier molecular flexibility index (Phi) is 3.44. The van der Waals surface area contributed by atoms with Crippen LogP contribution in [0.3, 0.4) is 0 Å². The summed E-state index contributed by atoms with van der Waals surface area (Å²) in [6.07, 6.45) is 0. The Morgan fingerprint density at radius 3 is 1.76 bits per heavy atom. The second kappa shape index (κ2) is 4.83. The van der Waals surface area contributed by atoms with E-state index in [0.717, 1.165) is 6.92 Å². The van der Waals surface area contributed by atoms with Gasteiger partial charge in [-0.05, 0) is 13.8 Å². The van der Waals surface area contributed by atoms with Gasteiger partial charge in [-0.3, -0.25) is 0 Å². The van der Waals surface area contributed by atoms with Crippen molar-refractivity contribution in [3.05, 3.63) is 46.0 Å². The first kappa shape index (κ1) is 14.9. The van der Waals surface area contributed by atoms with Gasteiger partial charge in [0, 0.05) is 0 Å². The van der Waals surface area contributed by atoms with Gasteiger partial charge in [0.2, 0.25) is 5.82 Å². The van der Waals surface area contributed by atoms with E-state index in [2.05, 4.69) is 5.10 Å². The number of nitrogens with zero attached hydrogens (tertiary/aromatic N) is 2. The molecule has 1 heterocycles. The van der Waals surface area contributed by atoms with Crippen LogP contribution in [-0.4, -0.2) is 20.9 Å². The SMILES string of the molecule is Cc1nn(-c2c(F)c(F)c(F)c(F)c2F)c(C)c1C(=O)O. The largest absolute Gasteiger partial charge is 0.478 e. The van der Waals surface area contributed by atoms with Gasteiger partial charge in [-0.25, -0.2) is 31.4 Å². The predicted octanol–water partition coefficient (Wildman–Crippen LogP) is 2.88. The molecule has 0 fully saturated rings. The van der Waals surface area contributed by atoms with Crippen molar-refractivity contribution in [2.45, 2.75) is 13.8 Å². The summed E-state index contributed by atoms with van der Waals surface area (Å²) < 4.78 is 67.1. The highest BCUT2D eigenvalue weighted by molar-refractivity contribution is 5.90. The minimum absolute atomic E-state index is 0.121. The van der Waals surface area contributed by atoms with E-state index in [0.29, 0.717) is 4.68 Å². The van der Waals surface area contributed by atoms with Crippen LogP contribution in [-0.2, 0) is 0 Å². The fraction of sp³-hybridized carbons (Fsp3) is 0.167. The highest BCUT2D eigenvalue weighted by atomic mass is 19.2. The summed E-state index contributed by atoms with van der Waals surface area (Å²) in [6, 6.07) is 0. The Balaban J connectivity index is 2.87. The third-order valence-electron chi connectivity index (χ3n) is 2.90. The molecule has 0 aliphatic heterocycles. The maximum Gasteiger partial charge on any atom is 0.339 e. The molecule has 21 heavy (non-hydrogen) atoms. The number of carboxylic acid groups (broad SMARTS) is 1. The zero-order valence-corrected chi connectivity index (χ0v) is 10.6. The quantitative estimate of drug-likeness (QED) is 0.527. The molecule has 0 amide bonds. The van der Waals surface area contributed by atoms with Crippen molar-refractivity contribution in [1.82, 2.24) is 9.78 Å². The van der Waals surface area contributed by atoms with E-state index < -0.39 is 40.7 Å². The molecule has 0 radical (unpaired) electrons. The summed E-state index contributed by atoms with van der Waals surface area (Å²) in [5.41, 5.74) is -2.08. The van der Waals surface area contributed by atoms with Crippen LogP contribution < -0.4 is 0 Å². The van der Waals surface area contributed by atoms with Gasteiger partial charge in [-0.1, -0.05) is 0 Å². The second-order valence-corrected chi connectivity index (χ2v) is 4.18. The number of aryl methyl sites for hydroxylation is 1. The van der Waals surface area contributed by atoms with E-state index in [1.165, 1.54) is 6.92 Å². The normalized spacial score (nSPS) is 11.0. The maximum atomic E-state index is 13.7. The molecule has 1 aromatic carbocycles. The molecule has 4 nitrogen and oxygen atoms in total. The van der Waals surface area contributed by atoms with Crippen LogP contribution in [0.4, 0.5) is 22.0 Å². The third kappa shape index (κ3) is 2.05. The van der Waals surface area contributed by atoms with Crippen LogP contribution in [0.25, 0.3) is 5.69 Å². The Hall–Kier alpha value is -2.45. The minimum atomic E-state index is -2.30. The number of halogens is 5. The molecular weight excluding hydrogens is 299 g/mol. The maximum absolute atomic E-state index is 13.7. The first-order valence-corrected chi connectivity index (χ1v) is 5.49. The first-order chi connectivity index (χ1) is 9.68. The molecule has 2 aromatic rings. The summed E-state index contributed by atoms with van der Waals surface area (Å²) in [5.74, 6) is -12.2. The third-order valence-corrected chi connectivity index (χ3v) is 2.90. The number of carboxylic acids is 1.